The number of fused-ring (bicyclic) bond motifs is 1. The Hall–Kier alpha value is -2.98. The molecule has 1 aliphatic heterocycles. The Balaban J connectivity index is 2.47. The van der Waals surface area contributed by atoms with Gasteiger partial charge in [0.25, 0.3) is 5.56 Å². The Bertz CT molecular complexity index is 1040. The molecule has 0 amide bonds. The fourth-order valence-electron chi connectivity index (χ4n) is 2.81. The Morgan fingerprint density at radius 1 is 1.25 bits per heavy atom. The van der Waals surface area contributed by atoms with E-state index in [0.29, 0.717) is 10.6 Å². The van der Waals surface area contributed by atoms with Crippen LogP contribution in [0.5, 0.6) is 5.88 Å². The van der Waals surface area contributed by atoms with E-state index in [2.05, 4.69) is 0 Å². The lowest BCUT2D eigenvalue weighted by molar-refractivity contribution is 0.348. The predicted molar refractivity (Wildman–Crippen MR) is 87.7 cm³/mol. The van der Waals surface area contributed by atoms with Crippen molar-refractivity contribution in [3.63, 3.8) is 0 Å². The van der Waals surface area contributed by atoms with Gasteiger partial charge in [0.15, 0.2) is 0 Å². The average molecular weight is 345 g/mol. The first-order valence-electron chi connectivity index (χ1n) is 7.00. The second-order valence-electron chi connectivity index (χ2n) is 5.37. The lowest BCUT2D eigenvalue weighted by Crippen LogP contribution is -2.42. The van der Waals surface area contributed by atoms with Gasteiger partial charge in [0.05, 0.1) is 11.5 Å². The molecule has 2 N–H and O–H groups in total. The number of allylic oxidation sites excluding steroid dienone is 1. The number of halogens is 1. The summed E-state index contributed by atoms with van der Waals surface area (Å²) >= 11 is 6.27. The monoisotopic (exact) mass is 344 g/mol. The number of benzene rings is 1. The summed E-state index contributed by atoms with van der Waals surface area (Å²) in [5.41, 5.74) is 5.52. The number of rotatable bonds is 1. The summed E-state index contributed by atoms with van der Waals surface area (Å²) in [5.74, 6) is -0.944. The average Bonchev–Trinajstić information content (AvgIpc) is 2.57. The lowest BCUT2D eigenvalue weighted by Gasteiger charge is -2.27. The van der Waals surface area contributed by atoms with Crippen LogP contribution in [0.25, 0.3) is 0 Å². The number of aromatic nitrogens is 2. The van der Waals surface area contributed by atoms with E-state index < -0.39 is 17.2 Å². The molecule has 2 heterocycles. The normalized spacial score (nSPS) is 16.3. The zero-order chi connectivity index (χ0) is 17.6. The standard InChI is InChI=1S/C16H13ClN4O3/c1-20-14(22)12-11(8-5-3-4-6-10(8)17)9(7-18)13(19)24-15(12)21(2)16(20)23/h3-6,11H,19H2,1-2H3. The Morgan fingerprint density at radius 2 is 1.92 bits per heavy atom. The first kappa shape index (κ1) is 15.9. The molecule has 2 aromatic rings. The van der Waals surface area contributed by atoms with Crippen molar-refractivity contribution in [1.29, 1.82) is 5.26 Å². The summed E-state index contributed by atoms with van der Waals surface area (Å²) in [6.45, 7) is 0. The van der Waals surface area contributed by atoms with Crippen LogP contribution in [-0.4, -0.2) is 9.13 Å². The van der Waals surface area contributed by atoms with Crippen LogP contribution < -0.4 is 21.7 Å². The minimum atomic E-state index is -0.807. The molecule has 0 saturated carbocycles. The molecule has 8 heteroatoms. The highest BCUT2D eigenvalue weighted by atomic mass is 35.5. The Labute approximate surface area is 141 Å². The topological polar surface area (TPSA) is 103 Å². The third kappa shape index (κ3) is 2.12. The van der Waals surface area contributed by atoms with Crippen molar-refractivity contribution in [3.05, 3.63) is 72.7 Å². The number of nitrogens with two attached hydrogens (primary N) is 1. The molecule has 0 radical (unpaired) electrons. The molecule has 0 aliphatic carbocycles. The Kier molecular flexibility index (Phi) is 3.70. The third-order valence-electron chi connectivity index (χ3n) is 4.03. The smallest absolute Gasteiger partial charge is 0.333 e. The van der Waals surface area contributed by atoms with E-state index in [0.717, 1.165) is 4.57 Å². The molecule has 0 spiro atoms. The SMILES string of the molecule is Cn1c2c(c(=O)n(C)c1=O)C(c1ccccc1Cl)C(C#N)=C(N)O2. The highest BCUT2D eigenvalue weighted by Crippen LogP contribution is 2.41. The molecule has 1 aromatic carbocycles. The maximum atomic E-state index is 12.7. The van der Waals surface area contributed by atoms with Gasteiger partial charge in [0, 0.05) is 19.1 Å². The summed E-state index contributed by atoms with van der Waals surface area (Å²) < 4.78 is 7.56. The highest BCUT2D eigenvalue weighted by Gasteiger charge is 2.36. The van der Waals surface area contributed by atoms with Crippen LogP contribution in [0.15, 0.2) is 45.3 Å². The quantitative estimate of drug-likeness (QED) is 0.829. The summed E-state index contributed by atoms with van der Waals surface area (Å²) in [6.07, 6.45) is 0. The zero-order valence-electron chi connectivity index (χ0n) is 12.9. The number of nitrogens with zero attached hydrogens (tertiary/aromatic N) is 3. The number of hydrogen-bond acceptors (Lipinski definition) is 5. The van der Waals surface area contributed by atoms with Gasteiger partial charge in [-0.25, -0.2) is 4.79 Å². The molecule has 0 bridgehead atoms. The molecule has 7 nitrogen and oxygen atoms in total. The van der Waals surface area contributed by atoms with Gasteiger partial charge in [0.1, 0.15) is 11.6 Å². The highest BCUT2D eigenvalue weighted by molar-refractivity contribution is 6.31. The fourth-order valence-corrected chi connectivity index (χ4v) is 3.05. The number of ether oxygens (including phenoxy) is 1. The minimum Gasteiger partial charge on any atom is -0.423 e. The summed E-state index contributed by atoms with van der Waals surface area (Å²) in [7, 11) is 2.83. The summed E-state index contributed by atoms with van der Waals surface area (Å²) in [6, 6.07) is 8.83. The molecule has 24 heavy (non-hydrogen) atoms. The Morgan fingerprint density at radius 3 is 2.54 bits per heavy atom. The molecule has 0 fully saturated rings. The molecule has 1 unspecified atom stereocenters. The van der Waals surface area contributed by atoms with Crippen LogP contribution in [0.1, 0.15) is 17.0 Å². The molecule has 3 rings (SSSR count). The van der Waals surface area contributed by atoms with E-state index in [9.17, 15) is 14.9 Å². The van der Waals surface area contributed by atoms with Gasteiger partial charge in [0.2, 0.25) is 11.8 Å². The fraction of sp³-hybridized carbons (Fsp3) is 0.188. The van der Waals surface area contributed by atoms with Crippen LogP contribution in [0.3, 0.4) is 0 Å². The van der Waals surface area contributed by atoms with Crippen molar-refractivity contribution in [3.8, 4) is 11.9 Å². The summed E-state index contributed by atoms with van der Waals surface area (Å²) in [4.78, 5) is 24.8. The molecular formula is C16H13ClN4O3. The van der Waals surface area contributed by atoms with E-state index in [4.69, 9.17) is 22.1 Å². The van der Waals surface area contributed by atoms with Gasteiger partial charge in [-0.05, 0) is 11.6 Å². The molecule has 1 atom stereocenters. The van der Waals surface area contributed by atoms with Crippen LogP contribution >= 0.6 is 11.6 Å². The summed E-state index contributed by atoms with van der Waals surface area (Å²) in [5, 5.41) is 9.89. The van der Waals surface area contributed by atoms with Crippen molar-refractivity contribution in [2.75, 3.05) is 0 Å². The van der Waals surface area contributed by atoms with Crippen molar-refractivity contribution >= 4 is 11.6 Å². The van der Waals surface area contributed by atoms with E-state index >= 15 is 0 Å². The van der Waals surface area contributed by atoms with Crippen molar-refractivity contribution < 1.29 is 4.74 Å². The van der Waals surface area contributed by atoms with Gasteiger partial charge < -0.3 is 10.5 Å². The molecular weight excluding hydrogens is 332 g/mol. The number of nitriles is 1. The maximum Gasteiger partial charge on any atom is 0.333 e. The number of hydrogen-bond donors (Lipinski definition) is 1. The molecule has 122 valence electrons. The van der Waals surface area contributed by atoms with Gasteiger partial charge in [-0.3, -0.25) is 13.9 Å². The lowest BCUT2D eigenvalue weighted by atomic mass is 9.85. The van der Waals surface area contributed by atoms with Gasteiger partial charge >= 0.3 is 5.69 Å². The first-order chi connectivity index (χ1) is 11.4. The van der Waals surface area contributed by atoms with Crippen LogP contribution in [0, 0.1) is 11.3 Å². The zero-order valence-corrected chi connectivity index (χ0v) is 13.7. The minimum absolute atomic E-state index is 0.0181. The van der Waals surface area contributed by atoms with Gasteiger partial charge in [-0.2, -0.15) is 5.26 Å². The second-order valence-corrected chi connectivity index (χ2v) is 5.78. The van der Waals surface area contributed by atoms with Crippen LogP contribution in [0.2, 0.25) is 5.02 Å². The maximum absolute atomic E-state index is 12.7. The van der Waals surface area contributed by atoms with Crippen molar-refractivity contribution in [2.45, 2.75) is 5.92 Å². The van der Waals surface area contributed by atoms with E-state index in [1.807, 2.05) is 6.07 Å². The van der Waals surface area contributed by atoms with Crippen LogP contribution in [-0.2, 0) is 14.1 Å². The predicted octanol–water partition coefficient (Wildman–Crippen LogP) is 0.956. The van der Waals surface area contributed by atoms with Crippen molar-refractivity contribution in [2.24, 2.45) is 19.8 Å². The van der Waals surface area contributed by atoms with Gasteiger partial charge in [-0.1, -0.05) is 29.8 Å². The molecule has 1 aromatic heterocycles. The van der Waals surface area contributed by atoms with E-state index in [-0.39, 0.29) is 22.9 Å². The molecule has 0 saturated heterocycles. The third-order valence-corrected chi connectivity index (χ3v) is 4.37. The first-order valence-corrected chi connectivity index (χ1v) is 7.38. The molecule has 1 aliphatic rings. The van der Waals surface area contributed by atoms with Crippen LogP contribution in [0.4, 0.5) is 0 Å². The van der Waals surface area contributed by atoms with E-state index in [1.54, 1.807) is 24.3 Å². The van der Waals surface area contributed by atoms with E-state index in [1.165, 1.54) is 18.7 Å². The largest absolute Gasteiger partial charge is 0.423 e. The van der Waals surface area contributed by atoms with Gasteiger partial charge in [-0.15, -0.1) is 0 Å². The second kappa shape index (κ2) is 5.58. The van der Waals surface area contributed by atoms with Crippen molar-refractivity contribution in [1.82, 2.24) is 9.13 Å².